The van der Waals surface area contributed by atoms with Gasteiger partial charge in [0, 0.05) is 12.2 Å². The number of benzene rings is 2. The standard InChI is InChI=1S/C9H8F2O2.C9H10F2O/c1-5-2-3-6(4-7(12)13)9(11)8(5)10;1-6-2-3-7(4-5-12)9(11)8(6)10/h2-3H,4H2,1H3,(H,12,13);2-3,12H,4-5H2,1H3. The van der Waals surface area contributed by atoms with Crippen molar-refractivity contribution in [2.75, 3.05) is 6.61 Å². The zero-order valence-electron chi connectivity index (χ0n) is 13.7. The molecule has 0 fully saturated rings. The fourth-order valence-corrected chi connectivity index (χ4v) is 1.98. The number of halogens is 4. The Kier molecular flexibility index (Phi) is 7.57. The van der Waals surface area contributed by atoms with Crippen molar-refractivity contribution in [2.45, 2.75) is 26.7 Å². The number of carboxylic acids is 1. The average Bonchev–Trinajstić information content (AvgIpc) is 2.56. The molecule has 0 aliphatic carbocycles. The van der Waals surface area contributed by atoms with E-state index in [2.05, 4.69) is 0 Å². The summed E-state index contributed by atoms with van der Waals surface area (Å²) in [6, 6.07) is 5.63. The number of aryl methyl sites for hydroxylation is 2. The van der Waals surface area contributed by atoms with E-state index in [9.17, 15) is 22.4 Å². The van der Waals surface area contributed by atoms with E-state index < -0.39 is 35.7 Å². The highest BCUT2D eigenvalue weighted by Gasteiger charge is 2.12. The normalized spacial score (nSPS) is 10.2. The number of hydrogen-bond acceptors (Lipinski definition) is 2. The first-order chi connectivity index (χ1) is 11.7. The minimum Gasteiger partial charge on any atom is -0.481 e. The number of carbonyl (C=O) groups is 1. The van der Waals surface area contributed by atoms with Crippen LogP contribution in [-0.2, 0) is 17.6 Å². The molecular formula is C18H18F4O3. The minimum absolute atomic E-state index is 0.129. The quantitative estimate of drug-likeness (QED) is 0.820. The zero-order chi connectivity index (χ0) is 19.1. The van der Waals surface area contributed by atoms with Gasteiger partial charge in [-0.1, -0.05) is 24.3 Å². The van der Waals surface area contributed by atoms with Crippen LogP contribution >= 0.6 is 0 Å². The second-order valence-corrected chi connectivity index (χ2v) is 5.38. The van der Waals surface area contributed by atoms with Gasteiger partial charge in [-0.25, -0.2) is 17.6 Å². The average molecular weight is 358 g/mol. The Balaban J connectivity index is 0.000000251. The van der Waals surface area contributed by atoms with E-state index in [0.29, 0.717) is 0 Å². The summed E-state index contributed by atoms with van der Waals surface area (Å²) in [6.07, 6.45) is -0.341. The molecule has 2 rings (SSSR count). The molecule has 0 aromatic heterocycles. The van der Waals surface area contributed by atoms with Crippen LogP contribution in [0.3, 0.4) is 0 Å². The molecule has 0 saturated heterocycles. The highest BCUT2D eigenvalue weighted by Crippen LogP contribution is 2.16. The molecule has 0 saturated carbocycles. The fraction of sp³-hybridized carbons (Fsp3) is 0.278. The Morgan fingerprint density at radius 3 is 1.72 bits per heavy atom. The molecule has 2 aromatic carbocycles. The van der Waals surface area contributed by atoms with Crippen LogP contribution in [0.4, 0.5) is 17.6 Å². The van der Waals surface area contributed by atoms with E-state index >= 15 is 0 Å². The van der Waals surface area contributed by atoms with Crippen LogP contribution < -0.4 is 0 Å². The van der Waals surface area contributed by atoms with Crippen molar-refractivity contribution in [1.82, 2.24) is 0 Å². The Morgan fingerprint density at radius 2 is 1.28 bits per heavy atom. The smallest absolute Gasteiger partial charge is 0.307 e. The molecule has 0 radical (unpaired) electrons. The third kappa shape index (κ3) is 5.56. The maximum atomic E-state index is 13.0. The van der Waals surface area contributed by atoms with Gasteiger partial charge in [0.2, 0.25) is 0 Å². The molecule has 2 aromatic rings. The second kappa shape index (κ2) is 9.17. The summed E-state index contributed by atoms with van der Waals surface area (Å²) in [5.41, 5.74) is 0.553. The third-order valence-corrected chi connectivity index (χ3v) is 3.43. The van der Waals surface area contributed by atoms with Crippen molar-refractivity contribution in [2.24, 2.45) is 0 Å². The van der Waals surface area contributed by atoms with Gasteiger partial charge in [0.1, 0.15) is 0 Å². The van der Waals surface area contributed by atoms with Crippen LogP contribution in [0, 0.1) is 37.1 Å². The number of hydrogen-bond donors (Lipinski definition) is 2. The van der Waals surface area contributed by atoms with Crippen molar-refractivity contribution < 1.29 is 32.6 Å². The lowest BCUT2D eigenvalue weighted by Gasteiger charge is -2.03. The molecule has 0 atom stereocenters. The number of carboxylic acid groups (broad SMARTS) is 1. The molecule has 0 amide bonds. The maximum Gasteiger partial charge on any atom is 0.307 e. The molecule has 0 unspecified atom stereocenters. The first-order valence-electron chi connectivity index (χ1n) is 7.38. The van der Waals surface area contributed by atoms with Crippen LogP contribution in [0.15, 0.2) is 24.3 Å². The van der Waals surface area contributed by atoms with Crippen LogP contribution in [0.1, 0.15) is 22.3 Å². The molecule has 3 nitrogen and oxygen atoms in total. The lowest BCUT2D eigenvalue weighted by atomic mass is 10.1. The Hall–Kier alpha value is -2.41. The summed E-state index contributed by atoms with van der Waals surface area (Å²) in [6.45, 7) is 2.75. The Morgan fingerprint density at radius 1 is 0.840 bits per heavy atom. The van der Waals surface area contributed by atoms with Crippen LogP contribution in [0.5, 0.6) is 0 Å². The summed E-state index contributed by atoms with van der Waals surface area (Å²) in [5.74, 6) is -4.88. The molecule has 136 valence electrons. The van der Waals surface area contributed by atoms with Gasteiger partial charge in [0.05, 0.1) is 6.42 Å². The minimum atomic E-state index is -1.18. The van der Waals surface area contributed by atoms with E-state index in [1.165, 1.54) is 38.1 Å². The van der Waals surface area contributed by atoms with Gasteiger partial charge in [-0.2, -0.15) is 0 Å². The van der Waals surface area contributed by atoms with E-state index in [0.717, 1.165) is 0 Å². The Labute approximate surface area is 142 Å². The Bertz CT molecular complexity index is 760. The summed E-state index contributed by atoms with van der Waals surface area (Å²) >= 11 is 0. The molecule has 2 N–H and O–H groups in total. The molecule has 25 heavy (non-hydrogen) atoms. The van der Waals surface area contributed by atoms with Crippen molar-refractivity contribution >= 4 is 5.97 Å². The molecular weight excluding hydrogens is 340 g/mol. The molecule has 0 spiro atoms. The van der Waals surface area contributed by atoms with Gasteiger partial charge in [-0.05, 0) is 37.0 Å². The molecule has 7 heteroatoms. The van der Waals surface area contributed by atoms with E-state index in [4.69, 9.17) is 10.2 Å². The van der Waals surface area contributed by atoms with Crippen molar-refractivity contribution in [3.8, 4) is 0 Å². The number of aliphatic carboxylic acids is 1. The van der Waals surface area contributed by atoms with Gasteiger partial charge in [0.25, 0.3) is 0 Å². The first-order valence-corrected chi connectivity index (χ1v) is 7.38. The van der Waals surface area contributed by atoms with Crippen LogP contribution in [0.2, 0.25) is 0 Å². The summed E-state index contributed by atoms with van der Waals surface area (Å²) in [4.78, 5) is 10.2. The van der Waals surface area contributed by atoms with Crippen molar-refractivity contribution in [3.63, 3.8) is 0 Å². The zero-order valence-corrected chi connectivity index (χ0v) is 13.7. The highest BCUT2D eigenvalue weighted by molar-refractivity contribution is 5.70. The topological polar surface area (TPSA) is 57.5 Å². The van der Waals surface area contributed by atoms with E-state index in [-0.39, 0.29) is 35.3 Å². The van der Waals surface area contributed by atoms with E-state index in [1.54, 1.807) is 0 Å². The van der Waals surface area contributed by atoms with Gasteiger partial charge in [0.15, 0.2) is 23.3 Å². The number of aliphatic hydroxyl groups is 1. The molecule has 0 aliphatic rings. The predicted molar refractivity (Wildman–Crippen MR) is 84.3 cm³/mol. The van der Waals surface area contributed by atoms with Crippen molar-refractivity contribution in [3.05, 3.63) is 69.8 Å². The summed E-state index contributed by atoms with van der Waals surface area (Å²) < 4.78 is 51.7. The van der Waals surface area contributed by atoms with Crippen molar-refractivity contribution in [1.29, 1.82) is 0 Å². The summed E-state index contributed by atoms with van der Waals surface area (Å²) in [7, 11) is 0. The lowest BCUT2D eigenvalue weighted by molar-refractivity contribution is -0.136. The molecule has 0 aliphatic heterocycles. The van der Waals surface area contributed by atoms with Crippen LogP contribution in [-0.4, -0.2) is 22.8 Å². The predicted octanol–water partition coefficient (Wildman–Crippen LogP) is 3.71. The van der Waals surface area contributed by atoms with Gasteiger partial charge in [-0.3, -0.25) is 4.79 Å². The monoisotopic (exact) mass is 358 g/mol. The SMILES string of the molecule is Cc1ccc(CC(=O)O)c(F)c1F.Cc1ccc(CCO)c(F)c1F. The third-order valence-electron chi connectivity index (χ3n) is 3.43. The molecule has 0 heterocycles. The maximum absolute atomic E-state index is 13.0. The lowest BCUT2D eigenvalue weighted by Crippen LogP contribution is -2.04. The summed E-state index contributed by atoms with van der Waals surface area (Å²) in [5, 5.41) is 16.9. The molecule has 0 bridgehead atoms. The largest absolute Gasteiger partial charge is 0.481 e. The highest BCUT2D eigenvalue weighted by atomic mass is 19.2. The first kappa shape index (κ1) is 20.6. The fourth-order valence-electron chi connectivity index (χ4n) is 1.98. The second-order valence-electron chi connectivity index (χ2n) is 5.38. The van der Waals surface area contributed by atoms with Gasteiger partial charge < -0.3 is 10.2 Å². The van der Waals surface area contributed by atoms with E-state index in [1.807, 2.05) is 0 Å². The number of aliphatic hydroxyl groups excluding tert-OH is 1. The number of rotatable bonds is 4. The van der Waals surface area contributed by atoms with Crippen LogP contribution in [0.25, 0.3) is 0 Å². The van der Waals surface area contributed by atoms with Gasteiger partial charge in [-0.15, -0.1) is 0 Å². The van der Waals surface area contributed by atoms with Gasteiger partial charge >= 0.3 is 5.97 Å².